The summed E-state index contributed by atoms with van der Waals surface area (Å²) >= 11 is 0. The van der Waals surface area contributed by atoms with Crippen molar-refractivity contribution in [3.05, 3.63) is 75.3 Å². The second kappa shape index (κ2) is 8.57. The molecule has 2 aliphatic rings. The van der Waals surface area contributed by atoms with Crippen molar-refractivity contribution in [2.24, 2.45) is 5.73 Å². The molecule has 3 aromatic rings. The van der Waals surface area contributed by atoms with Gasteiger partial charge < -0.3 is 10.7 Å². The third-order valence-electron chi connectivity index (χ3n) is 6.09. The van der Waals surface area contributed by atoms with Gasteiger partial charge in [-0.2, -0.15) is 0 Å². The number of aromatic nitrogens is 2. The molecule has 0 radical (unpaired) electrons. The summed E-state index contributed by atoms with van der Waals surface area (Å²) in [5.41, 5.74) is 8.66. The number of carbonyl (C=O) groups is 1. The number of benzene rings is 1. The number of aryl methyl sites for hydroxylation is 2. The first kappa shape index (κ1) is 21.2. The number of aromatic amines is 1. The smallest absolute Gasteiger partial charge is 0.268 e. The Hall–Kier alpha value is -3.09. The summed E-state index contributed by atoms with van der Waals surface area (Å²) in [6.07, 6.45) is 5.95. The van der Waals surface area contributed by atoms with Gasteiger partial charge in [0, 0.05) is 36.7 Å². The maximum atomic E-state index is 13.6. The number of nitrogens with one attached hydrogen (secondary N) is 1. The predicted molar refractivity (Wildman–Crippen MR) is 116 cm³/mol. The van der Waals surface area contributed by atoms with Gasteiger partial charge in [-0.1, -0.05) is 24.3 Å². The van der Waals surface area contributed by atoms with E-state index in [0.29, 0.717) is 24.1 Å². The van der Waals surface area contributed by atoms with Gasteiger partial charge in [0.2, 0.25) is 5.92 Å². The van der Waals surface area contributed by atoms with E-state index in [1.165, 1.54) is 37.6 Å². The number of hydrogen-bond acceptors (Lipinski definition) is 3. The van der Waals surface area contributed by atoms with E-state index in [9.17, 15) is 18.4 Å². The lowest BCUT2D eigenvalue weighted by Crippen LogP contribution is -2.26. The Morgan fingerprint density at radius 3 is 2.48 bits per heavy atom. The summed E-state index contributed by atoms with van der Waals surface area (Å²) in [5, 5.41) is 0.0984. The van der Waals surface area contributed by atoms with E-state index in [-0.39, 0.29) is 23.9 Å². The molecule has 1 amide bonds. The normalized spacial score (nSPS) is 19.4. The number of nitrogens with zero attached hydrogens (tertiary/aromatic N) is 1. The van der Waals surface area contributed by atoms with Crippen LogP contribution in [0.1, 0.15) is 65.3 Å². The number of primary amides is 1. The van der Waals surface area contributed by atoms with E-state index >= 15 is 0 Å². The van der Waals surface area contributed by atoms with Crippen LogP contribution >= 0.6 is 0 Å². The number of nitrogens with two attached hydrogens (primary N) is 1. The molecule has 0 saturated heterocycles. The van der Waals surface area contributed by atoms with Crippen LogP contribution in [0.4, 0.5) is 8.78 Å². The second-order valence-electron chi connectivity index (χ2n) is 8.31. The quantitative estimate of drug-likeness (QED) is 0.634. The lowest BCUT2D eigenvalue weighted by Gasteiger charge is -2.29. The Kier molecular flexibility index (Phi) is 5.85. The number of alkyl halides is 2. The first-order valence-electron chi connectivity index (χ1n) is 10.6. The monoisotopic (exact) mass is 425 g/mol. The predicted octanol–water partition coefficient (Wildman–Crippen LogP) is 4.49. The molecule has 2 heterocycles. The van der Waals surface area contributed by atoms with Crippen LogP contribution in [0.2, 0.25) is 0 Å². The van der Waals surface area contributed by atoms with Crippen molar-refractivity contribution >= 4 is 16.8 Å². The average molecular weight is 425 g/mol. The molecule has 7 heteroatoms. The average Bonchev–Trinajstić information content (AvgIpc) is 3.22. The molecule has 5 rings (SSSR count). The number of rotatable bonds is 2. The summed E-state index contributed by atoms with van der Waals surface area (Å²) in [6, 6.07) is 11.6. The highest BCUT2D eigenvalue weighted by atomic mass is 19.3. The lowest BCUT2D eigenvalue weighted by molar-refractivity contribution is -0.0412. The van der Waals surface area contributed by atoms with E-state index in [0.717, 1.165) is 0 Å². The van der Waals surface area contributed by atoms with Crippen molar-refractivity contribution in [2.75, 3.05) is 0 Å². The molecule has 31 heavy (non-hydrogen) atoms. The third kappa shape index (κ3) is 4.65. The fraction of sp³-hybridized carbons (Fsp3) is 0.375. The maximum absolute atomic E-state index is 13.6. The molecule has 1 fully saturated rings. The molecule has 0 bridgehead atoms. The highest BCUT2D eigenvalue weighted by molar-refractivity contribution is 6.03. The molecular formula is C24H25F2N3O2. The van der Waals surface area contributed by atoms with Crippen LogP contribution in [-0.2, 0) is 12.8 Å². The number of halogens is 2. The van der Waals surface area contributed by atoms with E-state index in [1.807, 2.05) is 0 Å². The molecule has 0 aliphatic heterocycles. The van der Waals surface area contributed by atoms with Gasteiger partial charge in [-0.25, -0.2) is 8.78 Å². The van der Waals surface area contributed by atoms with Crippen molar-refractivity contribution in [3.8, 4) is 0 Å². The van der Waals surface area contributed by atoms with Crippen molar-refractivity contribution in [3.63, 3.8) is 0 Å². The van der Waals surface area contributed by atoms with Gasteiger partial charge in [0.15, 0.2) is 5.43 Å². The van der Waals surface area contributed by atoms with Crippen LogP contribution in [0.3, 0.4) is 0 Å². The topological polar surface area (TPSA) is 88.8 Å². The molecule has 0 unspecified atom stereocenters. The largest absolute Gasteiger partial charge is 0.364 e. The molecule has 1 aromatic carbocycles. The zero-order chi connectivity index (χ0) is 22.0. The molecular weight excluding hydrogens is 400 g/mol. The summed E-state index contributed by atoms with van der Waals surface area (Å²) < 4.78 is 27.1. The van der Waals surface area contributed by atoms with Crippen molar-refractivity contribution in [1.82, 2.24) is 9.97 Å². The van der Waals surface area contributed by atoms with Crippen LogP contribution in [0.15, 0.2) is 47.4 Å². The van der Waals surface area contributed by atoms with Gasteiger partial charge >= 0.3 is 0 Å². The molecule has 1 saturated carbocycles. The Morgan fingerprint density at radius 2 is 1.84 bits per heavy atom. The summed E-state index contributed by atoms with van der Waals surface area (Å²) in [6.45, 7) is 0. The fourth-order valence-electron chi connectivity index (χ4n) is 4.58. The van der Waals surface area contributed by atoms with Crippen LogP contribution in [0.25, 0.3) is 10.9 Å². The number of pyridine rings is 2. The van der Waals surface area contributed by atoms with Gasteiger partial charge in [-0.3, -0.25) is 14.6 Å². The number of H-pyrrole nitrogens is 1. The molecule has 162 valence electrons. The van der Waals surface area contributed by atoms with Crippen LogP contribution < -0.4 is 11.2 Å². The van der Waals surface area contributed by atoms with Crippen molar-refractivity contribution < 1.29 is 13.6 Å². The van der Waals surface area contributed by atoms with Gasteiger partial charge in [-0.05, 0) is 49.3 Å². The highest BCUT2D eigenvalue weighted by Crippen LogP contribution is 2.41. The van der Waals surface area contributed by atoms with Gasteiger partial charge in [0.25, 0.3) is 5.91 Å². The maximum Gasteiger partial charge on any atom is 0.268 e. The first-order chi connectivity index (χ1) is 14.8. The highest BCUT2D eigenvalue weighted by Gasteiger charge is 2.37. The number of amides is 1. The summed E-state index contributed by atoms with van der Waals surface area (Å²) in [5.74, 6) is -3.90. The Bertz CT molecular complexity index is 1150. The van der Waals surface area contributed by atoms with Gasteiger partial charge in [0.05, 0.1) is 10.9 Å². The second-order valence-corrected chi connectivity index (χ2v) is 8.31. The molecule has 3 N–H and O–H groups in total. The summed E-state index contributed by atoms with van der Waals surface area (Å²) in [7, 11) is 0. The Balaban J connectivity index is 0.000000212. The van der Waals surface area contributed by atoms with Crippen LogP contribution in [0.5, 0.6) is 0 Å². The molecule has 2 aliphatic carbocycles. The zero-order valence-electron chi connectivity index (χ0n) is 17.2. The Morgan fingerprint density at radius 1 is 1.13 bits per heavy atom. The van der Waals surface area contributed by atoms with E-state index in [1.54, 1.807) is 11.1 Å². The number of hydrogen-bond donors (Lipinski definition) is 2. The van der Waals surface area contributed by atoms with E-state index in [4.69, 9.17) is 5.73 Å². The first-order valence-corrected chi connectivity index (χ1v) is 10.6. The Labute approximate surface area is 178 Å². The van der Waals surface area contributed by atoms with Crippen LogP contribution in [-0.4, -0.2) is 21.8 Å². The minimum atomic E-state index is -2.70. The minimum Gasteiger partial charge on any atom is -0.364 e. The van der Waals surface area contributed by atoms with E-state index < -0.39 is 23.2 Å². The molecule has 1 atom stereocenters. The molecule has 0 spiro atoms. The lowest BCUT2D eigenvalue weighted by atomic mass is 9.84. The van der Waals surface area contributed by atoms with Gasteiger partial charge in [0.1, 0.15) is 5.69 Å². The van der Waals surface area contributed by atoms with Crippen molar-refractivity contribution in [2.45, 2.75) is 56.8 Å². The van der Waals surface area contributed by atoms with Crippen molar-refractivity contribution in [1.29, 1.82) is 0 Å². The molecule has 2 aromatic heterocycles. The zero-order valence-corrected chi connectivity index (χ0v) is 17.2. The fourth-order valence-corrected chi connectivity index (χ4v) is 4.58. The SMILES string of the molecule is NC(=O)c1nccc2[nH]c([C@H]3CCCC(F)(F)C3)cc(=O)c12.c1ccc2c(c1)CCC2. The minimum absolute atomic E-state index is 0.0984. The standard InChI is InChI=1S/C15H15F2N3O2.C9H10/c16-15(17)4-1-2-8(7-15)10-6-11(21)12-9(20-10)3-5-19-13(12)14(18)22;1-2-5-9-7-3-6-8(9)4-1/h3,5-6,8H,1-2,4,7H2,(H2,18,22)(H,20,21);1-2,4-5H,3,6-7H2/t8-;/m0./s1. The number of carbonyl (C=O) groups excluding carboxylic acids is 1. The number of fused-ring (bicyclic) bond motifs is 2. The third-order valence-corrected chi connectivity index (χ3v) is 6.09. The van der Waals surface area contributed by atoms with E-state index in [2.05, 4.69) is 34.2 Å². The van der Waals surface area contributed by atoms with Crippen LogP contribution in [0, 0.1) is 0 Å². The van der Waals surface area contributed by atoms with Gasteiger partial charge in [-0.15, -0.1) is 0 Å². The molecule has 5 nitrogen and oxygen atoms in total. The summed E-state index contributed by atoms with van der Waals surface area (Å²) in [4.78, 5) is 30.4.